The number of carbonyl (C=O) groups is 2. The number of aldehydes is 1. The third-order valence-electron chi connectivity index (χ3n) is 3.23. The summed E-state index contributed by atoms with van der Waals surface area (Å²) in [6, 6.07) is 14.7. The van der Waals surface area contributed by atoms with Crippen LogP contribution >= 0.6 is 0 Å². The van der Waals surface area contributed by atoms with Gasteiger partial charge in [0.05, 0.1) is 0 Å². The Hall–Kier alpha value is -2.53. The van der Waals surface area contributed by atoms with Gasteiger partial charge >= 0.3 is 5.97 Å². The topological polar surface area (TPSA) is 79.3 Å². The quantitative estimate of drug-likeness (QED) is 0.849. The van der Waals surface area contributed by atoms with Crippen LogP contribution in [0.15, 0.2) is 48.5 Å². The number of aromatic carboxylic acids is 1. The molecule has 2 rings (SSSR count). The minimum Gasteiger partial charge on any atom is -0.477 e. The maximum Gasteiger partial charge on any atom is 0.354 e. The van der Waals surface area contributed by atoms with Crippen LogP contribution in [0.4, 0.5) is 0 Å². The summed E-state index contributed by atoms with van der Waals surface area (Å²) in [5.74, 6) is -1.13. The molecule has 0 aliphatic rings. The lowest BCUT2D eigenvalue weighted by Gasteiger charge is -2.24. The number of benzene rings is 1. The fourth-order valence-electron chi connectivity index (χ4n) is 1.64. The van der Waals surface area contributed by atoms with Crippen molar-refractivity contribution in [1.29, 1.82) is 0 Å². The molecule has 0 saturated heterocycles. The van der Waals surface area contributed by atoms with Gasteiger partial charge in [0.15, 0.2) is 6.29 Å². The van der Waals surface area contributed by atoms with Gasteiger partial charge in [0, 0.05) is 5.54 Å². The number of hydrogen-bond donors (Lipinski definition) is 2. The number of carboxylic acid groups (broad SMARTS) is 1. The number of pyridine rings is 1. The van der Waals surface area contributed by atoms with E-state index < -0.39 is 5.97 Å². The molecule has 0 saturated carbocycles. The Labute approximate surface area is 130 Å². The van der Waals surface area contributed by atoms with Gasteiger partial charge in [-0.1, -0.05) is 36.4 Å². The first-order valence-corrected chi connectivity index (χ1v) is 6.80. The second kappa shape index (κ2) is 8.05. The molecule has 2 N–H and O–H groups in total. The predicted octanol–water partition coefficient (Wildman–Crippen LogP) is 2.73. The molecule has 0 aliphatic heterocycles. The van der Waals surface area contributed by atoms with Crippen molar-refractivity contribution in [3.05, 3.63) is 65.5 Å². The normalized spacial score (nSPS) is 10.3. The lowest BCUT2D eigenvalue weighted by Crippen LogP contribution is -2.32. The van der Waals surface area contributed by atoms with Crippen molar-refractivity contribution in [2.45, 2.75) is 19.4 Å². The highest BCUT2D eigenvalue weighted by Gasteiger charge is 2.15. The van der Waals surface area contributed by atoms with Crippen LogP contribution in [0.25, 0.3) is 0 Å². The summed E-state index contributed by atoms with van der Waals surface area (Å²) >= 11 is 0. The Morgan fingerprint density at radius 1 is 1.14 bits per heavy atom. The molecule has 2 aromatic rings. The molecule has 1 aromatic heterocycles. The van der Waals surface area contributed by atoms with E-state index >= 15 is 0 Å². The van der Waals surface area contributed by atoms with E-state index in [9.17, 15) is 9.59 Å². The largest absolute Gasteiger partial charge is 0.477 e. The SMILES string of the molecule is CNC(C)(C)c1ccccc1.O=Cc1cccc(C(=O)O)n1. The molecule has 22 heavy (non-hydrogen) atoms. The van der Waals surface area contributed by atoms with Crippen molar-refractivity contribution >= 4 is 12.3 Å². The number of hydrogen-bond acceptors (Lipinski definition) is 4. The predicted molar refractivity (Wildman–Crippen MR) is 85.1 cm³/mol. The van der Waals surface area contributed by atoms with Crippen LogP contribution in [0.2, 0.25) is 0 Å². The van der Waals surface area contributed by atoms with E-state index in [0.29, 0.717) is 6.29 Å². The standard InChI is InChI=1S/C10H15N.C7H5NO3/c1-10(2,11-3)9-7-5-4-6-8-9;9-4-5-2-1-3-6(8-5)7(10)11/h4-8,11H,1-3H3;1-4H,(H,10,11). The molecule has 0 bridgehead atoms. The molecule has 0 unspecified atom stereocenters. The molecule has 0 radical (unpaired) electrons. The Balaban J connectivity index is 0.000000220. The van der Waals surface area contributed by atoms with Gasteiger partial charge in [-0.2, -0.15) is 0 Å². The summed E-state index contributed by atoms with van der Waals surface area (Å²) in [5, 5.41) is 11.7. The van der Waals surface area contributed by atoms with Gasteiger partial charge in [-0.25, -0.2) is 9.78 Å². The van der Waals surface area contributed by atoms with Gasteiger partial charge in [-0.05, 0) is 38.6 Å². The zero-order valence-corrected chi connectivity index (χ0v) is 12.9. The van der Waals surface area contributed by atoms with Gasteiger partial charge in [0.1, 0.15) is 11.4 Å². The molecule has 5 heteroatoms. The Morgan fingerprint density at radius 2 is 1.77 bits per heavy atom. The van der Waals surface area contributed by atoms with E-state index in [0.717, 1.165) is 0 Å². The third-order valence-corrected chi connectivity index (χ3v) is 3.23. The van der Waals surface area contributed by atoms with E-state index in [1.54, 1.807) is 0 Å². The van der Waals surface area contributed by atoms with Crippen molar-refractivity contribution in [2.75, 3.05) is 7.05 Å². The second-order valence-corrected chi connectivity index (χ2v) is 5.11. The molecule has 0 amide bonds. The first kappa shape index (κ1) is 17.5. The maximum atomic E-state index is 10.3. The fourth-order valence-corrected chi connectivity index (χ4v) is 1.64. The van der Waals surface area contributed by atoms with Gasteiger partial charge in [0.2, 0.25) is 0 Å². The Morgan fingerprint density at radius 3 is 2.27 bits per heavy atom. The van der Waals surface area contributed by atoms with E-state index in [2.05, 4.69) is 48.4 Å². The van der Waals surface area contributed by atoms with Crippen LogP contribution in [0.5, 0.6) is 0 Å². The van der Waals surface area contributed by atoms with Crippen LogP contribution in [0.1, 0.15) is 40.4 Å². The number of aromatic nitrogens is 1. The van der Waals surface area contributed by atoms with Crippen molar-refractivity contribution in [2.24, 2.45) is 0 Å². The fraction of sp³-hybridized carbons (Fsp3) is 0.235. The lowest BCUT2D eigenvalue weighted by atomic mass is 9.95. The Kier molecular flexibility index (Phi) is 6.41. The summed E-state index contributed by atoms with van der Waals surface area (Å²) in [5.41, 5.74) is 1.42. The summed E-state index contributed by atoms with van der Waals surface area (Å²) in [6.07, 6.45) is 0.506. The average Bonchev–Trinajstić information content (AvgIpc) is 2.56. The smallest absolute Gasteiger partial charge is 0.354 e. The van der Waals surface area contributed by atoms with Gasteiger partial charge in [-0.3, -0.25) is 4.79 Å². The highest BCUT2D eigenvalue weighted by molar-refractivity contribution is 5.86. The van der Waals surface area contributed by atoms with Crippen molar-refractivity contribution in [3.63, 3.8) is 0 Å². The first-order chi connectivity index (χ1) is 10.4. The van der Waals surface area contributed by atoms with Gasteiger partial charge in [0.25, 0.3) is 0 Å². The molecule has 1 heterocycles. The van der Waals surface area contributed by atoms with E-state index in [1.807, 2.05) is 13.1 Å². The molecule has 0 atom stereocenters. The molecule has 116 valence electrons. The minimum absolute atomic E-state index is 0.0846. The number of nitrogens with zero attached hydrogens (tertiary/aromatic N) is 1. The molecule has 0 aliphatic carbocycles. The van der Waals surface area contributed by atoms with Crippen molar-refractivity contribution in [3.8, 4) is 0 Å². The highest BCUT2D eigenvalue weighted by Crippen LogP contribution is 2.17. The summed E-state index contributed by atoms with van der Waals surface area (Å²) < 4.78 is 0. The van der Waals surface area contributed by atoms with Gasteiger partial charge < -0.3 is 10.4 Å². The van der Waals surface area contributed by atoms with Crippen LogP contribution in [0, 0.1) is 0 Å². The molecular weight excluding hydrogens is 280 g/mol. The summed E-state index contributed by atoms with van der Waals surface area (Å²) in [4.78, 5) is 23.9. The summed E-state index contributed by atoms with van der Waals surface area (Å²) in [7, 11) is 1.98. The average molecular weight is 300 g/mol. The zero-order chi connectivity index (χ0) is 16.6. The zero-order valence-electron chi connectivity index (χ0n) is 12.9. The van der Waals surface area contributed by atoms with Crippen LogP contribution < -0.4 is 5.32 Å². The Bertz CT molecular complexity index is 625. The molecular formula is C17H20N2O3. The van der Waals surface area contributed by atoms with Crippen LogP contribution in [-0.2, 0) is 5.54 Å². The summed E-state index contributed by atoms with van der Waals surface area (Å²) in [6.45, 7) is 4.34. The highest BCUT2D eigenvalue weighted by atomic mass is 16.4. The molecule has 0 spiro atoms. The molecule has 1 aromatic carbocycles. The van der Waals surface area contributed by atoms with E-state index in [4.69, 9.17) is 5.11 Å². The van der Waals surface area contributed by atoms with Crippen LogP contribution in [0.3, 0.4) is 0 Å². The number of carbonyl (C=O) groups excluding carboxylic acids is 1. The molecule has 0 fully saturated rings. The first-order valence-electron chi connectivity index (χ1n) is 6.80. The number of rotatable bonds is 4. The third kappa shape index (κ3) is 5.10. The van der Waals surface area contributed by atoms with Gasteiger partial charge in [-0.15, -0.1) is 0 Å². The van der Waals surface area contributed by atoms with Crippen molar-refractivity contribution < 1.29 is 14.7 Å². The number of nitrogens with one attached hydrogen (secondary N) is 1. The van der Waals surface area contributed by atoms with Crippen molar-refractivity contribution in [1.82, 2.24) is 10.3 Å². The van der Waals surface area contributed by atoms with Crippen LogP contribution in [-0.4, -0.2) is 29.4 Å². The number of carboxylic acids is 1. The molecule has 5 nitrogen and oxygen atoms in total. The van der Waals surface area contributed by atoms with E-state index in [-0.39, 0.29) is 16.9 Å². The lowest BCUT2D eigenvalue weighted by molar-refractivity contribution is 0.0690. The minimum atomic E-state index is -1.13. The van der Waals surface area contributed by atoms with E-state index in [1.165, 1.54) is 23.8 Å². The maximum absolute atomic E-state index is 10.3. The monoisotopic (exact) mass is 300 g/mol. The second-order valence-electron chi connectivity index (χ2n) is 5.11.